The molecule has 0 unspecified atom stereocenters. The van der Waals surface area contributed by atoms with Crippen LogP contribution in [0.3, 0.4) is 0 Å². The Morgan fingerprint density at radius 1 is 1.14 bits per heavy atom. The highest BCUT2D eigenvalue weighted by molar-refractivity contribution is 7.89. The van der Waals surface area contributed by atoms with Gasteiger partial charge in [0.2, 0.25) is 10.0 Å². The van der Waals surface area contributed by atoms with Gasteiger partial charge in [-0.15, -0.1) is 0 Å². The summed E-state index contributed by atoms with van der Waals surface area (Å²) in [5.41, 5.74) is 5.67. The van der Waals surface area contributed by atoms with E-state index in [9.17, 15) is 8.42 Å². The molecule has 0 aliphatic rings. The summed E-state index contributed by atoms with van der Waals surface area (Å²) >= 11 is 0. The number of benzene rings is 1. The van der Waals surface area contributed by atoms with Crippen molar-refractivity contribution in [3.63, 3.8) is 0 Å². The maximum atomic E-state index is 11.6. The average Bonchev–Trinajstić information content (AvgIpc) is 2.40. The van der Waals surface area contributed by atoms with Gasteiger partial charge < -0.3 is 5.32 Å². The summed E-state index contributed by atoms with van der Waals surface area (Å²) in [7, 11) is -3.71. The molecule has 2 rings (SSSR count). The minimum absolute atomic E-state index is 0.122. The zero-order chi connectivity index (χ0) is 16.5. The first-order valence-electron chi connectivity index (χ1n) is 6.99. The van der Waals surface area contributed by atoms with Crippen molar-refractivity contribution >= 4 is 15.7 Å². The Morgan fingerprint density at radius 3 is 2.41 bits per heavy atom. The monoisotopic (exact) mass is 319 g/mol. The molecule has 0 fully saturated rings. The van der Waals surface area contributed by atoms with Crippen LogP contribution in [0.2, 0.25) is 0 Å². The van der Waals surface area contributed by atoms with Crippen LogP contribution in [0.5, 0.6) is 0 Å². The molecule has 0 bridgehead atoms. The Balaban J connectivity index is 2.31. The number of nitrogens with two attached hydrogens (primary N) is 1. The van der Waals surface area contributed by atoms with E-state index in [1.54, 1.807) is 12.1 Å². The fourth-order valence-electron chi connectivity index (χ4n) is 2.27. The quantitative estimate of drug-likeness (QED) is 0.907. The maximum Gasteiger partial charge on any atom is 0.238 e. The number of hydrogen-bond donors (Lipinski definition) is 2. The zero-order valence-electron chi connectivity index (χ0n) is 13.3. The zero-order valence-corrected chi connectivity index (χ0v) is 14.1. The van der Waals surface area contributed by atoms with Gasteiger partial charge in [0, 0.05) is 23.6 Å². The smallest absolute Gasteiger partial charge is 0.238 e. The van der Waals surface area contributed by atoms with Crippen molar-refractivity contribution in [2.45, 2.75) is 39.1 Å². The van der Waals surface area contributed by atoms with E-state index in [1.165, 1.54) is 0 Å². The lowest BCUT2D eigenvalue weighted by Crippen LogP contribution is -2.14. The van der Waals surface area contributed by atoms with Crippen LogP contribution in [-0.2, 0) is 16.6 Å². The van der Waals surface area contributed by atoms with E-state index in [-0.39, 0.29) is 4.90 Å². The van der Waals surface area contributed by atoms with Crippen molar-refractivity contribution in [1.29, 1.82) is 0 Å². The Kier molecular flexibility index (Phi) is 4.53. The molecular formula is C16H21N3O2S. The van der Waals surface area contributed by atoms with Crippen LogP contribution in [0.1, 0.15) is 28.1 Å². The second-order valence-corrected chi connectivity index (χ2v) is 7.07. The first kappa shape index (κ1) is 16.5. The summed E-state index contributed by atoms with van der Waals surface area (Å²) < 4.78 is 23.1. The second kappa shape index (κ2) is 6.06. The summed E-state index contributed by atoms with van der Waals surface area (Å²) in [5, 5.41) is 8.51. The number of primary sulfonamides is 1. The Bertz CT molecular complexity index is 814. The Morgan fingerprint density at radius 2 is 1.82 bits per heavy atom. The molecule has 1 aromatic carbocycles. The van der Waals surface area contributed by atoms with Crippen LogP contribution in [0.4, 0.5) is 5.69 Å². The topological polar surface area (TPSA) is 85.1 Å². The first-order valence-corrected chi connectivity index (χ1v) is 8.54. The van der Waals surface area contributed by atoms with E-state index < -0.39 is 10.0 Å². The van der Waals surface area contributed by atoms with Crippen LogP contribution < -0.4 is 10.5 Å². The van der Waals surface area contributed by atoms with Gasteiger partial charge in [-0.05, 0) is 62.6 Å². The predicted molar refractivity (Wildman–Crippen MR) is 88.3 cm³/mol. The highest BCUT2D eigenvalue weighted by Crippen LogP contribution is 2.24. The molecule has 2 aromatic rings. The largest absolute Gasteiger partial charge is 0.381 e. The van der Waals surface area contributed by atoms with Gasteiger partial charge in [-0.3, -0.25) is 4.98 Å². The summed E-state index contributed by atoms with van der Waals surface area (Å²) in [6.45, 7) is 8.31. The molecule has 3 N–H and O–H groups in total. The van der Waals surface area contributed by atoms with E-state index >= 15 is 0 Å². The molecule has 6 heteroatoms. The number of aromatic nitrogens is 1. The third-order valence-corrected chi connectivity index (χ3v) is 4.67. The van der Waals surface area contributed by atoms with Gasteiger partial charge in [0.1, 0.15) is 0 Å². The molecule has 1 aromatic heterocycles. The molecule has 0 atom stereocenters. The van der Waals surface area contributed by atoms with Gasteiger partial charge in [0.15, 0.2) is 0 Å². The molecule has 118 valence electrons. The highest BCUT2D eigenvalue weighted by Gasteiger charge is 2.12. The van der Waals surface area contributed by atoms with Crippen molar-refractivity contribution in [3.8, 4) is 0 Å². The number of sulfonamides is 1. The summed E-state index contributed by atoms with van der Waals surface area (Å²) in [6.07, 6.45) is 0. The van der Waals surface area contributed by atoms with Crippen molar-refractivity contribution in [2.75, 3.05) is 5.32 Å². The van der Waals surface area contributed by atoms with Gasteiger partial charge in [0.25, 0.3) is 0 Å². The van der Waals surface area contributed by atoms with E-state index in [0.717, 1.165) is 33.8 Å². The molecule has 0 saturated heterocycles. The van der Waals surface area contributed by atoms with Crippen LogP contribution >= 0.6 is 0 Å². The number of anilines is 1. The van der Waals surface area contributed by atoms with Crippen LogP contribution in [0.25, 0.3) is 0 Å². The fourth-order valence-corrected chi connectivity index (χ4v) is 2.89. The molecule has 0 spiro atoms. The van der Waals surface area contributed by atoms with Crippen molar-refractivity contribution in [2.24, 2.45) is 5.14 Å². The van der Waals surface area contributed by atoms with Crippen LogP contribution in [0, 0.1) is 27.7 Å². The van der Waals surface area contributed by atoms with E-state index in [1.807, 2.05) is 39.8 Å². The number of aryl methyl sites for hydroxylation is 3. The number of pyridine rings is 1. The van der Waals surface area contributed by atoms with Gasteiger partial charge in [0.05, 0.1) is 4.90 Å². The van der Waals surface area contributed by atoms with Crippen molar-refractivity contribution < 1.29 is 8.42 Å². The lowest BCUT2D eigenvalue weighted by Gasteiger charge is -2.14. The minimum Gasteiger partial charge on any atom is -0.381 e. The number of nitrogens with zero attached hydrogens (tertiary/aromatic N) is 1. The maximum absolute atomic E-state index is 11.6. The van der Waals surface area contributed by atoms with Gasteiger partial charge >= 0.3 is 0 Å². The molecule has 0 aliphatic heterocycles. The first-order chi connectivity index (χ1) is 10.2. The van der Waals surface area contributed by atoms with E-state index in [0.29, 0.717) is 6.54 Å². The molecule has 22 heavy (non-hydrogen) atoms. The number of rotatable bonds is 4. The van der Waals surface area contributed by atoms with E-state index in [4.69, 9.17) is 5.14 Å². The SMILES string of the molecule is Cc1ccc(CNc2cc(S(N)(=O)=O)cc(C)c2C)c(C)n1. The fraction of sp³-hybridized carbons (Fsp3) is 0.312. The molecule has 5 nitrogen and oxygen atoms in total. The lowest BCUT2D eigenvalue weighted by atomic mass is 10.1. The highest BCUT2D eigenvalue weighted by atomic mass is 32.2. The molecule has 0 aliphatic carbocycles. The minimum atomic E-state index is -3.71. The summed E-state index contributed by atoms with van der Waals surface area (Å²) in [6, 6.07) is 7.16. The van der Waals surface area contributed by atoms with Crippen molar-refractivity contribution in [3.05, 3.63) is 52.3 Å². The second-order valence-electron chi connectivity index (χ2n) is 5.51. The van der Waals surface area contributed by atoms with Gasteiger partial charge in [-0.1, -0.05) is 6.07 Å². The Labute approximate surface area is 131 Å². The average molecular weight is 319 g/mol. The third kappa shape index (κ3) is 3.64. The lowest BCUT2D eigenvalue weighted by molar-refractivity contribution is 0.597. The number of hydrogen-bond acceptors (Lipinski definition) is 4. The van der Waals surface area contributed by atoms with Gasteiger partial charge in [-0.2, -0.15) is 0 Å². The predicted octanol–water partition coefficient (Wildman–Crippen LogP) is 2.57. The normalized spacial score (nSPS) is 11.5. The summed E-state index contributed by atoms with van der Waals surface area (Å²) in [5.74, 6) is 0. The molecule has 0 saturated carbocycles. The van der Waals surface area contributed by atoms with Gasteiger partial charge in [-0.25, -0.2) is 13.6 Å². The molecule has 0 amide bonds. The summed E-state index contributed by atoms with van der Waals surface area (Å²) in [4.78, 5) is 4.55. The van der Waals surface area contributed by atoms with E-state index in [2.05, 4.69) is 10.3 Å². The third-order valence-electron chi connectivity index (χ3n) is 3.77. The molecular weight excluding hydrogens is 298 g/mol. The molecule has 0 radical (unpaired) electrons. The Hall–Kier alpha value is -1.92. The van der Waals surface area contributed by atoms with Crippen LogP contribution in [0.15, 0.2) is 29.2 Å². The number of nitrogens with one attached hydrogen (secondary N) is 1. The van der Waals surface area contributed by atoms with Crippen LogP contribution in [-0.4, -0.2) is 13.4 Å². The standard InChI is InChI=1S/C16H21N3O2S/c1-10-7-15(22(17,20)21)8-16(12(10)3)18-9-14-6-5-11(2)19-13(14)4/h5-8,18H,9H2,1-4H3,(H2,17,20,21). The van der Waals surface area contributed by atoms with Crippen molar-refractivity contribution in [1.82, 2.24) is 4.98 Å². The molecule has 1 heterocycles.